The van der Waals surface area contributed by atoms with E-state index in [9.17, 15) is 4.79 Å². The molecule has 2 rings (SSSR count). The summed E-state index contributed by atoms with van der Waals surface area (Å²) in [4.78, 5) is 13.8. The van der Waals surface area contributed by atoms with Gasteiger partial charge in [0.25, 0.3) is 5.91 Å². The highest BCUT2D eigenvalue weighted by atomic mass is 35.5. The number of rotatable bonds is 3. The summed E-state index contributed by atoms with van der Waals surface area (Å²) in [5.74, 6) is -0.0543. The molecule has 1 amide bonds. The number of aryl methyl sites for hydroxylation is 1. The number of aromatic nitrogens is 2. The van der Waals surface area contributed by atoms with E-state index in [0.29, 0.717) is 17.1 Å². The van der Waals surface area contributed by atoms with Crippen LogP contribution >= 0.6 is 11.6 Å². The highest BCUT2D eigenvalue weighted by Gasteiger charge is 2.12. The third-order valence-electron chi connectivity index (χ3n) is 2.60. The molecule has 18 heavy (non-hydrogen) atoms. The van der Waals surface area contributed by atoms with Crippen LogP contribution in [0.5, 0.6) is 0 Å². The first-order valence-electron chi connectivity index (χ1n) is 5.55. The van der Waals surface area contributed by atoms with Gasteiger partial charge in [-0.05, 0) is 18.2 Å². The van der Waals surface area contributed by atoms with Crippen LogP contribution in [0.15, 0.2) is 36.7 Å². The van der Waals surface area contributed by atoms with Crippen LogP contribution in [0.25, 0.3) is 0 Å². The lowest BCUT2D eigenvalue weighted by atomic mass is 10.2. The molecule has 4 nitrogen and oxygen atoms in total. The lowest BCUT2D eigenvalue weighted by molar-refractivity contribution is 0.0785. The van der Waals surface area contributed by atoms with E-state index in [4.69, 9.17) is 11.6 Å². The smallest absolute Gasteiger partial charge is 0.253 e. The molecule has 0 atom stereocenters. The molecule has 0 N–H and O–H groups in total. The molecule has 1 aromatic heterocycles. The Balaban J connectivity index is 2.09. The van der Waals surface area contributed by atoms with E-state index in [0.717, 1.165) is 5.56 Å². The second-order valence-corrected chi connectivity index (χ2v) is 4.63. The van der Waals surface area contributed by atoms with Crippen molar-refractivity contribution >= 4 is 17.5 Å². The molecule has 1 aromatic carbocycles. The lowest BCUT2D eigenvalue weighted by Gasteiger charge is -2.16. The number of hydrogen-bond acceptors (Lipinski definition) is 2. The highest BCUT2D eigenvalue weighted by Crippen LogP contribution is 2.13. The van der Waals surface area contributed by atoms with Crippen LogP contribution in [0.1, 0.15) is 15.9 Å². The predicted molar refractivity (Wildman–Crippen MR) is 70.5 cm³/mol. The zero-order chi connectivity index (χ0) is 13.1. The normalized spacial score (nSPS) is 10.4. The van der Waals surface area contributed by atoms with Crippen molar-refractivity contribution in [3.05, 3.63) is 52.8 Å². The molecule has 2 aromatic rings. The van der Waals surface area contributed by atoms with Crippen molar-refractivity contribution in [2.24, 2.45) is 7.05 Å². The summed E-state index contributed by atoms with van der Waals surface area (Å²) in [6, 6.07) is 6.95. The Morgan fingerprint density at radius 2 is 2.28 bits per heavy atom. The number of halogens is 1. The third-order valence-corrected chi connectivity index (χ3v) is 2.83. The van der Waals surface area contributed by atoms with Crippen molar-refractivity contribution in [2.75, 3.05) is 7.05 Å². The van der Waals surface area contributed by atoms with Crippen LogP contribution < -0.4 is 0 Å². The summed E-state index contributed by atoms with van der Waals surface area (Å²) in [6.45, 7) is 0.527. The summed E-state index contributed by atoms with van der Waals surface area (Å²) in [5, 5.41) is 4.64. The summed E-state index contributed by atoms with van der Waals surface area (Å²) in [6.07, 6.45) is 3.64. The number of amides is 1. The standard InChI is InChI=1S/C13H14ClN3O/c1-16(8-10-7-15-17(2)9-10)13(18)11-4-3-5-12(14)6-11/h3-7,9H,8H2,1-2H3. The average Bonchev–Trinajstić information content (AvgIpc) is 2.73. The molecule has 0 spiro atoms. The molecule has 94 valence electrons. The van der Waals surface area contributed by atoms with E-state index in [2.05, 4.69) is 5.10 Å². The monoisotopic (exact) mass is 263 g/mol. The minimum atomic E-state index is -0.0543. The van der Waals surface area contributed by atoms with Gasteiger partial charge in [-0.2, -0.15) is 5.10 Å². The molecular formula is C13H14ClN3O. The fourth-order valence-electron chi connectivity index (χ4n) is 1.74. The summed E-state index contributed by atoms with van der Waals surface area (Å²) in [7, 11) is 3.61. The van der Waals surface area contributed by atoms with Gasteiger partial charge < -0.3 is 4.90 Å². The summed E-state index contributed by atoms with van der Waals surface area (Å²) in [5.41, 5.74) is 1.59. The van der Waals surface area contributed by atoms with Crippen molar-refractivity contribution in [3.63, 3.8) is 0 Å². The maximum Gasteiger partial charge on any atom is 0.253 e. The van der Waals surface area contributed by atoms with Gasteiger partial charge in [0.05, 0.1) is 6.20 Å². The van der Waals surface area contributed by atoms with E-state index >= 15 is 0 Å². The van der Waals surface area contributed by atoms with Gasteiger partial charge in [0.15, 0.2) is 0 Å². The van der Waals surface area contributed by atoms with Crippen LogP contribution in [0.3, 0.4) is 0 Å². The van der Waals surface area contributed by atoms with Crippen LogP contribution in [-0.2, 0) is 13.6 Å². The zero-order valence-electron chi connectivity index (χ0n) is 10.3. The van der Waals surface area contributed by atoms with E-state index in [1.807, 2.05) is 13.2 Å². The molecular weight excluding hydrogens is 250 g/mol. The van der Waals surface area contributed by atoms with E-state index in [1.165, 1.54) is 0 Å². The first kappa shape index (κ1) is 12.6. The number of carbonyl (C=O) groups excluding carboxylic acids is 1. The summed E-state index contributed by atoms with van der Waals surface area (Å²) >= 11 is 5.87. The van der Waals surface area contributed by atoms with Crippen molar-refractivity contribution in [1.82, 2.24) is 14.7 Å². The molecule has 0 aliphatic heterocycles. The topological polar surface area (TPSA) is 38.1 Å². The van der Waals surface area contributed by atoms with E-state index in [-0.39, 0.29) is 5.91 Å². The number of carbonyl (C=O) groups is 1. The van der Waals surface area contributed by atoms with Gasteiger partial charge in [0.2, 0.25) is 0 Å². The number of benzene rings is 1. The number of nitrogens with zero attached hydrogens (tertiary/aromatic N) is 3. The Labute approximate surface area is 111 Å². The average molecular weight is 264 g/mol. The largest absolute Gasteiger partial charge is 0.337 e. The molecule has 0 bridgehead atoms. The molecule has 0 aliphatic carbocycles. The van der Waals surface area contributed by atoms with Crippen LogP contribution in [0.4, 0.5) is 0 Å². The second kappa shape index (κ2) is 5.23. The van der Waals surface area contributed by atoms with Gasteiger partial charge in [-0.3, -0.25) is 9.48 Å². The molecule has 0 saturated heterocycles. The zero-order valence-corrected chi connectivity index (χ0v) is 11.1. The predicted octanol–water partition coefficient (Wildman–Crippen LogP) is 2.35. The SMILES string of the molecule is CN(Cc1cnn(C)c1)C(=O)c1cccc(Cl)c1. The molecule has 0 fully saturated rings. The molecule has 0 aliphatic rings. The molecule has 5 heteroatoms. The Kier molecular flexibility index (Phi) is 3.67. The van der Waals surface area contributed by atoms with Crippen molar-refractivity contribution < 1.29 is 4.79 Å². The molecule has 0 radical (unpaired) electrons. The van der Waals surface area contributed by atoms with Gasteiger partial charge >= 0.3 is 0 Å². The van der Waals surface area contributed by atoms with Gasteiger partial charge in [0, 0.05) is 43.0 Å². The Morgan fingerprint density at radius 3 is 2.89 bits per heavy atom. The van der Waals surface area contributed by atoms with Crippen molar-refractivity contribution in [2.45, 2.75) is 6.54 Å². The maximum atomic E-state index is 12.1. The quantitative estimate of drug-likeness (QED) is 0.853. The highest BCUT2D eigenvalue weighted by molar-refractivity contribution is 6.30. The van der Waals surface area contributed by atoms with Crippen molar-refractivity contribution in [3.8, 4) is 0 Å². The third kappa shape index (κ3) is 2.90. The summed E-state index contributed by atoms with van der Waals surface area (Å²) < 4.78 is 1.72. The van der Waals surface area contributed by atoms with Crippen LogP contribution in [0, 0.1) is 0 Å². The van der Waals surface area contributed by atoms with Crippen LogP contribution in [0.2, 0.25) is 5.02 Å². The molecule has 1 heterocycles. The second-order valence-electron chi connectivity index (χ2n) is 4.19. The van der Waals surface area contributed by atoms with Crippen molar-refractivity contribution in [1.29, 1.82) is 0 Å². The molecule has 0 saturated carbocycles. The van der Waals surface area contributed by atoms with Gasteiger partial charge in [-0.15, -0.1) is 0 Å². The van der Waals surface area contributed by atoms with Gasteiger partial charge in [-0.1, -0.05) is 17.7 Å². The molecule has 0 unspecified atom stereocenters. The Morgan fingerprint density at radius 1 is 1.50 bits per heavy atom. The maximum absolute atomic E-state index is 12.1. The van der Waals surface area contributed by atoms with Gasteiger partial charge in [0.1, 0.15) is 0 Å². The minimum absolute atomic E-state index is 0.0543. The van der Waals surface area contributed by atoms with E-state index in [1.54, 1.807) is 47.1 Å². The fourth-order valence-corrected chi connectivity index (χ4v) is 1.93. The lowest BCUT2D eigenvalue weighted by Crippen LogP contribution is -2.25. The Bertz CT molecular complexity index is 565. The Hall–Kier alpha value is -1.81. The number of hydrogen-bond donors (Lipinski definition) is 0. The van der Waals surface area contributed by atoms with E-state index < -0.39 is 0 Å². The fraction of sp³-hybridized carbons (Fsp3) is 0.231. The first-order valence-corrected chi connectivity index (χ1v) is 5.92. The first-order chi connectivity index (χ1) is 8.56. The minimum Gasteiger partial charge on any atom is -0.337 e. The van der Waals surface area contributed by atoms with Gasteiger partial charge in [-0.25, -0.2) is 0 Å². The van der Waals surface area contributed by atoms with Crippen LogP contribution in [-0.4, -0.2) is 27.6 Å².